The van der Waals surface area contributed by atoms with Gasteiger partial charge in [0.25, 0.3) is 0 Å². The number of rotatable bonds is 44. The van der Waals surface area contributed by atoms with Gasteiger partial charge in [-0.25, -0.2) is 0 Å². The van der Waals surface area contributed by atoms with Gasteiger partial charge in [-0.2, -0.15) is 0 Å². The predicted molar refractivity (Wildman–Crippen MR) is 273 cm³/mol. The Hall–Kier alpha value is -3.48. The number of ether oxygens (including phenoxy) is 1. The summed E-state index contributed by atoms with van der Waals surface area (Å²) in [4.78, 5) is 26.1. The number of aliphatic hydroxyl groups excluding tert-OH is 2. The van der Waals surface area contributed by atoms with Gasteiger partial charge in [-0.15, -0.1) is 0 Å². The molecule has 0 bridgehead atoms. The molecule has 0 spiro atoms. The Labute approximate surface area is 388 Å². The second-order valence-electron chi connectivity index (χ2n) is 16.9. The summed E-state index contributed by atoms with van der Waals surface area (Å²) in [7, 11) is 0. The number of allylic oxidation sites excluding steroid dienone is 17. The Morgan fingerprint density at radius 2 is 0.952 bits per heavy atom. The van der Waals surface area contributed by atoms with Gasteiger partial charge in [-0.1, -0.05) is 240 Å². The van der Waals surface area contributed by atoms with Crippen LogP contribution in [0.25, 0.3) is 0 Å². The zero-order valence-electron chi connectivity index (χ0n) is 40.7. The molecule has 0 rings (SSSR count). The number of unbranched alkanes of at least 4 members (excludes halogenated alkanes) is 19. The molecule has 0 heterocycles. The third-order valence-electron chi connectivity index (χ3n) is 10.9. The van der Waals surface area contributed by atoms with Crippen molar-refractivity contribution in [2.24, 2.45) is 0 Å². The zero-order valence-corrected chi connectivity index (χ0v) is 40.7. The van der Waals surface area contributed by atoms with Crippen LogP contribution in [0.3, 0.4) is 0 Å². The molecule has 0 aromatic carbocycles. The van der Waals surface area contributed by atoms with Crippen LogP contribution in [0.2, 0.25) is 0 Å². The SMILES string of the molecule is CC/C=C/C=C/C=C/C=C\CCCCCCCC(=O)OC(/C=C/C/C=C/C/C=C/C/C=C/C/C=C/CC)CC(=O)NC(CO)C(O)CCCCCCCCCCCCCCCCC. The quantitative estimate of drug-likeness (QED) is 0.0245. The zero-order chi connectivity index (χ0) is 45.9. The Morgan fingerprint density at radius 1 is 0.508 bits per heavy atom. The molecule has 6 heteroatoms. The highest BCUT2D eigenvalue weighted by Crippen LogP contribution is 2.16. The molecule has 6 nitrogen and oxygen atoms in total. The first kappa shape index (κ1) is 59.5. The molecule has 0 aliphatic heterocycles. The summed E-state index contributed by atoms with van der Waals surface area (Å²) >= 11 is 0. The Kier molecular flexibility index (Phi) is 46.8. The van der Waals surface area contributed by atoms with E-state index >= 15 is 0 Å². The number of aliphatic hydroxyl groups is 2. The van der Waals surface area contributed by atoms with Gasteiger partial charge in [0.15, 0.2) is 0 Å². The first-order chi connectivity index (χ1) is 31.0. The summed E-state index contributed by atoms with van der Waals surface area (Å²) in [6, 6.07) is -0.754. The van der Waals surface area contributed by atoms with Gasteiger partial charge in [0.1, 0.15) is 6.10 Å². The fourth-order valence-corrected chi connectivity index (χ4v) is 7.11. The maximum Gasteiger partial charge on any atom is 0.306 e. The third-order valence-corrected chi connectivity index (χ3v) is 10.9. The van der Waals surface area contributed by atoms with Gasteiger partial charge in [0.2, 0.25) is 5.91 Å². The lowest BCUT2D eigenvalue weighted by molar-refractivity contribution is -0.148. The molecule has 358 valence electrons. The highest BCUT2D eigenvalue weighted by atomic mass is 16.5. The summed E-state index contributed by atoms with van der Waals surface area (Å²) in [5, 5.41) is 23.7. The van der Waals surface area contributed by atoms with Gasteiger partial charge < -0.3 is 20.3 Å². The molecule has 0 aliphatic carbocycles. The largest absolute Gasteiger partial charge is 0.458 e. The van der Waals surface area contributed by atoms with Crippen molar-refractivity contribution in [2.45, 2.75) is 232 Å². The van der Waals surface area contributed by atoms with E-state index in [2.05, 4.69) is 105 Å². The van der Waals surface area contributed by atoms with Crippen molar-refractivity contribution in [1.29, 1.82) is 0 Å². The van der Waals surface area contributed by atoms with Gasteiger partial charge in [0.05, 0.1) is 25.2 Å². The van der Waals surface area contributed by atoms with E-state index in [4.69, 9.17) is 4.74 Å². The molecule has 0 aromatic rings. The van der Waals surface area contributed by atoms with Crippen molar-refractivity contribution >= 4 is 11.9 Å². The molecule has 0 fully saturated rings. The lowest BCUT2D eigenvalue weighted by Crippen LogP contribution is -2.46. The lowest BCUT2D eigenvalue weighted by Gasteiger charge is -2.23. The number of carbonyl (C=O) groups excluding carboxylic acids is 2. The van der Waals surface area contributed by atoms with E-state index in [9.17, 15) is 19.8 Å². The van der Waals surface area contributed by atoms with E-state index in [1.54, 1.807) is 6.08 Å². The third kappa shape index (κ3) is 44.9. The van der Waals surface area contributed by atoms with E-state index in [1.165, 1.54) is 77.0 Å². The number of esters is 1. The number of amides is 1. The molecule has 0 aromatic heterocycles. The molecular weight excluding hydrogens is 779 g/mol. The number of carbonyl (C=O) groups is 2. The molecule has 0 saturated carbocycles. The molecule has 63 heavy (non-hydrogen) atoms. The van der Waals surface area contributed by atoms with Crippen LogP contribution in [-0.4, -0.2) is 46.9 Å². The van der Waals surface area contributed by atoms with Crippen molar-refractivity contribution in [3.05, 3.63) is 109 Å². The normalized spacial score (nSPS) is 14.2. The highest BCUT2D eigenvalue weighted by Gasteiger charge is 2.23. The van der Waals surface area contributed by atoms with Crippen LogP contribution in [-0.2, 0) is 14.3 Å². The maximum atomic E-state index is 13.2. The molecule has 3 unspecified atom stereocenters. The lowest BCUT2D eigenvalue weighted by atomic mass is 10.0. The summed E-state index contributed by atoms with van der Waals surface area (Å²) in [5.74, 6) is -0.664. The predicted octanol–water partition coefficient (Wildman–Crippen LogP) is 15.5. The Bertz CT molecular complexity index is 1300. The standard InChI is InChI=1S/C57H95NO5/c1-4-7-10-13-16-19-22-25-28-31-34-37-40-43-46-49-55(60)54(52-59)58-56(61)51-53(48-45-42-39-36-33-30-27-24-21-18-15-12-9-6-3)63-57(62)50-47-44-41-38-35-32-29-26-23-20-17-14-11-8-5-2/h8-9,11-12,14,17-18,20-21,23,26-27,29-30,36,39,45,48,53-55,59-60H,4-7,10,13,15-16,19,22,24-25,28,31-35,37-38,40-44,46-47,49-52H2,1-3H3,(H,58,61)/b11-8+,12-9+,17-14+,21-18+,23-20+,29-26-,30-27+,39-36+,48-45+. The minimum absolute atomic E-state index is 0.0620. The molecule has 1 amide bonds. The number of hydrogen-bond acceptors (Lipinski definition) is 5. The van der Waals surface area contributed by atoms with E-state index < -0.39 is 18.2 Å². The maximum absolute atomic E-state index is 13.2. The minimum Gasteiger partial charge on any atom is -0.458 e. The Balaban J connectivity index is 4.76. The molecule has 0 radical (unpaired) electrons. The fraction of sp³-hybridized carbons (Fsp3) is 0.649. The molecule has 3 atom stereocenters. The van der Waals surface area contributed by atoms with Crippen LogP contribution < -0.4 is 5.32 Å². The van der Waals surface area contributed by atoms with Crippen molar-refractivity contribution in [3.8, 4) is 0 Å². The van der Waals surface area contributed by atoms with Gasteiger partial charge in [-0.05, 0) is 70.3 Å². The van der Waals surface area contributed by atoms with Crippen molar-refractivity contribution in [2.75, 3.05) is 6.61 Å². The van der Waals surface area contributed by atoms with E-state index in [0.29, 0.717) is 19.3 Å². The molecule has 0 saturated heterocycles. The average Bonchev–Trinajstić information content (AvgIpc) is 3.28. The first-order valence-corrected chi connectivity index (χ1v) is 25.7. The second-order valence-corrected chi connectivity index (χ2v) is 16.9. The Morgan fingerprint density at radius 3 is 1.48 bits per heavy atom. The summed E-state index contributed by atoms with van der Waals surface area (Å²) in [6.07, 6.45) is 67.5. The summed E-state index contributed by atoms with van der Waals surface area (Å²) < 4.78 is 5.81. The van der Waals surface area contributed by atoms with Crippen molar-refractivity contribution in [1.82, 2.24) is 5.32 Å². The smallest absolute Gasteiger partial charge is 0.306 e. The van der Waals surface area contributed by atoms with E-state index in [-0.39, 0.29) is 24.9 Å². The molecule has 3 N–H and O–H groups in total. The van der Waals surface area contributed by atoms with Gasteiger partial charge in [-0.3, -0.25) is 9.59 Å². The molecule has 0 aliphatic rings. The van der Waals surface area contributed by atoms with E-state index in [1.807, 2.05) is 24.3 Å². The monoisotopic (exact) mass is 874 g/mol. The van der Waals surface area contributed by atoms with Crippen LogP contribution in [0.4, 0.5) is 0 Å². The van der Waals surface area contributed by atoms with E-state index in [0.717, 1.165) is 89.9 Å². The minimum atomic E-state index is -0.830. The van der Waals surface area contributed by atoms with Crippen LogP contribution in [0.1, 0.15) is 213 Å². The topological polar surface area (TPSA) is 95.9 Å². The summed E-state index contributed by atoms with van der Waals surface area (Å²) in [5.41, 5.74) is 0. The van der Waals surface area contributed by atoms with Crippen LogP contribution in [0.5, 0.6) is 0 Å². The highest BCUT2D eigenvalue weighted by molar-refractivity contribution is 5.78. The van der Waals surface area contributed by atoms with Gasteiger partial charge >= 0.3 is 5.97 Å². The van der Waals surface area contributed by atoms with Crippen molar-refractivity contribution < 1.29 is 24.5 Å². The number of hydrogen-bond donors (Lipinski definition) is 3. The van der Waals surface area contributed by atoms with Crippen LogP contribution in [0.15, 0.2) is 109 Å². The van der Waals surface area contributed by atoms with Gasteiger partial charge in [0, 0.05) is 6.42 Å². The van der Waals surface area contributed by atoms with Crippen LogP contribution >= 0.6 is 0 Å². The molecular formula is C57H95NO5. The first-order valence-electron chi connectivity index (χ1n) is 25.7. The summed E-state index contributed by atoms with van der Waals surface area (Å²) in [6.45, 7) is 6.18. The van der Waals surface area contributed by atoms with Crippen LogP contribution in [0, 0.1) is 0 Å². The second kappa shape index (κ2) is 49.5. The van der Waals surface area contributed by atoms with Crippen molar-refractivity contribution in [3.63, 3.8) is 0 Å². The average molecular weight is 874 g/mol. The fourth-order valence-electron chi connectivity index (χ4n) is 7.11. The number of nitrogens with one attached hydrogen (secondary N) is 1.